The first-order valence-electron chi connectivity index (χ1n) is 6.07. The van der Waals surface area contributed by atoms with Crippen molar-refractivity contribution in [2.75, 3.05) is 7.11 Å². The van der Waals surface area contributed by atoms with Crippen LogP contribution in [0.1, 0.15) is 24.0 Å². The van der Waals surface area contributed by atoms with Gasteiger partial charge in [0.05, 0.1) is 7.11 Å². The number of methoxy groups -OCH3 is 1. The van der Waals surface area contributed by atoms with Gasteiger partial charge in [-0.25, -0.2) is 0 Å². The summed E-state index contributed by atoms with van der Waals surface area (Å²) >= 11 is 5.88. The van der Waals surface area contributed by atoms with E-state index >= 15 is 0 Å². The minimum atomic E-state index is 0.483. The molecule has 18 heavy (non-hydrogen) atoms. The van der Waals surface area contributed by atoms with Crippen LogP contribution in [0.15, 0.2) is 48.5 Å². The van der Waals surface area contributed by atoms with Crippen LogP contribution in [-0.2, 0) is 6.42 Å². The van der Waals surface area contributed by atoms with Crippen LogP contribution >= 0.6 is 11.6 Å². The SMILES string of the molecule is COc1ccc(C(C)Cc2ccc(Cl)cc2)cc1. The summed E-state index contributed by atoms with van der Waals surface area (Å²) in [6.45, 7) is 2.23. The number of ether oxygens (including phenoxy) is 1. The van der Waals surface area contributed by atoms with Crippen LogP contribution in [0, 0.1) is 0 Å². The van der Waals surface area contributed by atoms with E-state index in [-0.39, 0.29) is 0 Å². The normalized spacial score (nSPS) is 12.2. The Labute approximate surface area is 113 Å². The lowest BCUT2D eigenvalue weighted by molar-refractivity contribution is 0.414. The summed E-state index contributed by atoms with van der Waals surface area (Å²) in [4.78, 5) is 0. The van der Waals surface area contributed by atoms with Gasteiger partial charge in [-0.05, 0) is 47.7 Å². The van der Waals surface area contributed by atoms with E-state index in [0.29, 0.717) is 5.92 Å². The Hall–Kier alpha value is -1.47. The lowest BCUT2D eigenvalue weighted by Gasteiger charge is -2.12. The summed E-state index contributed by atoms with van der Waals surface area (Å²) in [6, 6.07) is 16.3. The molecule has 0 fully saturated rings. The van der Waals surface area contributed by atoms with Crippen molar-refractivity contribution in [3.8, 4) is 5.75 Å². The van der Waals surface area contributed by atoms with Gasteiger partial charge in [-0.3, -0.25) is 0 Å². The quantitative estimate of drug-likeness (QED) is 0.775. The predicted molar refractivity (Wildman–Crippen MR) is 76.6 cm³/mol. The fourth-order valence-electron chi connectivity index (χ4n) is 2.02. The van der Waals surface area contributed by atoms with Gasteiger partial charge in [0.25, 0.3) is 0 Å². The molecule has 94 valence electrons. The zero-order valence-electron chi connectivity index (χ0n) is 10.7. The van der Waals surface area contributed by atoms with Crippen molar-refractivity contribution >= 4 is 11.6 Å². The molecule has 2 aromatic carbocycles. The maximum atomic E-state index is 5.88. The second-order valence-corrected chi connectivity index (χ2v) is 4.94. The Balaban J connectivity index is 2.06. The van der Waals surface area contributed by atoms with Crippen molar-refractivity contribution in [3.05, 3.63) is 64.7 Å². The molecule has 2 aromatic rings. The van der Waals surface area contributed by atoms with Crippen LogP contribution in [0.4, 0.5) is 0 Å². The summed E-state index contributed by atoms with van der Waals surface area (Å²) < 4.78 is 5.17. The van der Waals surface area contributed by atoms with Gasteiger partial charge in [0.15, 0.2) is 0 Å². The fourth-order valence-corrected chi connectivity index (χ4v) is 2.15. The standard InChI is InChI=1S/C16H17ClO/c1-12(11-13-3-7-15(17)8-4-13)14-5-9-16(18-2)10-6-14/h3-10,12H,11H2,1-2H3. The van der Waals surface area contributed by atoms with E-state index in [0.717, 1.165) is 17.2 Å². The van der Waals surface area contributed by atoms with Crippen molar-refractivity contribution in [3.63, 3.8) is 0 Å². The number of halogens is 1. The van der Waals surface area contributed by atoms with Crippen molar-refractivity contribution in [1.82, 2.24) is 0 Å². The molecule has 0 spiro atoms. The van der Waals surface area contributed by atoms with Crippen LogP contribution in [-0.4, -0.2) is 7.11 Å². The highest BCUT2D eigenvalue weighted by Crippen LogP contribution is 2.23. The molecule has 0 saturated carbocycles. The number of benzene rings is 2. The van der Waals surface area contributed by atoms with E-state index in [1.807, 2.05) is 24.3 Å². The molecule has 0 radical (unpaired) electrons. The fraction of sp³-hybridized carbons (Fsp3) is 0.250. The molecule has 0 aliphatic rings. The molecule has 0 N–H and O–H groups in total. The molecular weight excluding hydrogens is 244 g/mol. The van der Waals surface area contributed by atoms with Gasteiger partial charge in [-0.2, -0.15) is 0 Å². The highest BCUT2D eigenvalue weighted by atomic mass is 35.5. The van der Waals surface area contributed by atoms with Crippen molar-refractivity contribution in [2.24, 2.45) is 0 Å². The van der Waals surface area contributed by atoms with Crippen molar-refractivity contribution in [1.29, 1.82) is 0 Å². The monoisotopic (exact) mass is 260 g/mol. The molecule has 2 heteroatoms. The maximum Gasteiger partial charge on any atom is 0.118 e. The first-order valence-corrected chi connectivity index (χ1v) is 6.45. The summed E-state index contributed by atoms with van der Waals surface area (Å²) in [5, 5.41) is 0.788. The second kappa shape index (κ2) is 5.92. The van der Waals surface area contributed by atoms with Gasteiger partial charge >= 0.3 is 0 Å². The molecule has 0 amide bonds. The molecule has 0 saturated heterocycles. The highest BCUT2D eigenvalue weighted by Gasteiger charge is 2.06. The number of hydrogen-bond acceptors (Lipinski definition) is 1. The Kier molecular flexibility index (Phi) is 4.27. The van der Waals surface area contributed by atoms with Gasteiger partial charge in [0.2, 0.25) is 0 Å². The summed E-state index contributed by atoms with van der Waals surface area (Å²) in [6.07, 6.45) is 1.02. The van der Waals surface area contributed by atoms with Gasteiger partial charge in [-0.15, -0.1) is 0 Å². The van der Waals surface area contributed by atoms with Crippen molar-refractivity contribution in [2.45, 2.75) is 19.3 Å². The smallest absolute Gasteiger partial charge is 0.118 e. The molecule has 1 nitrogen and oxygen atoms in total. The molecule has 0 aliphatic heterocycles. The summed E-state index contributed by atoms with van der Waals surface area (Å²) in [5.41, 5.74) is 2.63. The molecule has 0 heterocycles. The van der Waals surface area contributed by atoms with E-state index in [4.69, 9.17) is 16.3 Å². The molecule has 2 rings (SSSR count). The second-order valence-electron chi connectivity index (χ2n) is 4.50. The lowest BCUT2D eigenvalue weighted by atomic mass is 9.94. The van der Waals surface area contributed by atoms with E-state index in [9.17, 15) is 0 Å². The van der Waals surface area contributed by atoms with E-state index < -0.39 is 0 Å². The lowest BCUT2D eigenvalue weighted by Crippen LogP contribution is -1.98. The molecule has 0 aromatic heterocycles. The zero-order valence-corrected chi connectivity index (χ0v) is 11.4. The third-order valence-electron chi connectivity index (χ3n) is 3.14. The first-order chi connectivity index (χ1) is 8.69. The van der Waals surface area contributed by atoms with Gasteiger partial charge in [0.1, 0.15) is 5.75 Å². The minimum absolute atomic E-state index is 0.483. The average Bonchev–Trinajstić information content (AvgIpc) is 2.41. The Bertz CT molecular complexity index is 488. The number of hydrogen-bond donors (Lipinski definition) is 0. The average molecular weight is 261 g/mol. The molecular formula is C16H17ClO. The third-order valence-corrected chi connectivity index (χ3v) is 3.39. The Morgan fingerprint density at radius 2 is 1.61 bits per heavy atom. The van der Waals surface area contributed by atoms with Gasteiger partial charge in [0, 0.05) is 5.02 Å². The van der Waals surface area contributed by atoms with Crippen LogP contribution < -0.4 is 4.74 Å². The van der Waals surface area contributed by atoms with Crippen LogP contribution in [0.5, 0.6) is 5.75 Å². The van der Waals surface area contributed by atoms with Crippen LogP contribution in [0.25, 0.3) is 0 Å². The largest absolute Gasteiger partial charge is 0.497 e. The molecule has 1 unspecified atom stereocenters. The number of rotatable bonds is 4. The summed E-state index contributed by atoms with van der Waals surface area (Å²) in [7, 11) is 1.69. The molecule has 1 atom stereocenters. The van der Waals surface area contributed by atoms with E-state index in [2.05, 4.69) is 31.2 Å². The third kappa shape index (κ3) is 3.27. The van der Waals surface area contributed by atoms with E-state index in [1.54, 1.807) is 7.11 Å². The van der Waals surface area contributed by atoms with Gasteiger partial charge < -0.3 is 4.74 Å². The molecule has 0 bridgehead atoms. The first kappa shape index (κ1) is 13.0. The van der Waals surface area contributed by atoms with E-state index in [1.165, 1.54) is 11.1 Å². The Morgan fingerprint density at radius 3 is 2.17 bits per heavy atom. The zero-order chi connectivity index (χ0) is 13.0. The maximum absolute atomic E-state index is 5.88. The summed E-state index contributed by atoms with van der Waals surface area (Å²) in [5.74, 6) is 1.38. The van der Waals surface area contributed by atoms with Gasteiger partial charge in [-0.1, -0.05) is 42.8 Å². The molecule has 0 aliphatic carbocycles. The topological polar surface area (TPSA) is 9.23 Å². The predicted octanol–water partition coefficient (Wildman–Crippen LogP) is 4.69. The van der Waals surface area contributed by atoms with Crippen LogP contribution in [0.2, 0.25) is 5.02 Å². The van der Waals surface area contributed by atoms with Crippen LogP contribution in [0.3, 0.4) is 0 Å². The minimum Gasteiger partial charge on any atom is -0.497 e. The highest BCUT2D eigenvalue weighted by molar-refractivity contribution is 6.30. The Morgan fingerprint density at radius 1 is 1.00 bits per heavy atom. The van der Waals surface area contributed by atoms with Crippen molar-refractivity contribution < 1.29 is 4.74 Å².